The van der Waals surface area contributed by atoms with E-state index in [4.69, 9.17) is 9.47 Å². The molecule has 1 N–H and O–H groups in total. The Kier molecular flexibility index (Phi) is 7.48. The van der Waals surface area contributed by atoms with E-state index in [1.54, 1.807) is 37.3 Å². The average molecular weight is 510 g/mol. The third-order valence-electron chi connectivity index (χ3n) is 6.28. The van der Waals surface area contributed by atoms with Gasteiger partial charge >= 0.3 is 0 Å². The molecule has 2 aliphatic heterocycles. The second-order valence-corrected chi connectivity index (χ2v) is 12.2. The van der Waals surface area contributed by atoms with E-state index >= 15 is 0 Å². The number of piperazine rings is 1. The molecule has 0 aromatic heterocycles. The van der Waals surface area contributed by atoms with Crippen LogP contribution in [-0.2, 0) is 24.8 Å². The highest BCUT2D eigenvalue weighted by Gasteiger charge is 2.31. The summed E-state index contributed by atoms with van der Waals surface area (Å²) in [6.45, 7) is 4.07. The van der Waals surface area contributed by atoms with Crippen LogP contribution in [0.5, 0.6) is 5.75 Å². The Balaban J connectivity index is 1.49. The number of hydrogen-bond acceptors (Lipinski definition) is 7. The summed E-state index contributed by atoms with van der Waals surface area (Å²) in [7, 11) is -5.80. The molecule has 2 aromatic rings. The Morgan fingerprint density at radius 3 is 2.44 bits per heavy atom. The van der Waals surface area contributed by atoms with Crippen molar-refractivity contribution in [2.45, 2.75) is 35.7 Å². The topological polar surface area (TPSA) is 105 Å². The number of methoxy groups -OCH3 is 1. The number of ether oxygens (including phenoxy) is 2. The number of nitrogens with one attached hydrogen (secondary N) is 1. The molecular formula is C23H31N3O6S2. The van der Waals surface area contributed by atoms with Gasteiger partial charge in [-0.05, 0) is 49.6 Å². The fraction of sp³-hybridized carbons (Fsp3) is 0.478. The van der Waals surface area contributed by atoms with E-state index in [2.05, 4.69) is 4.72 Å². The molecule has 0 aliphatic carbocycles. The Labute approximate surface area is 201 Å². The fourth-order valence-electron chi connectivity index (χ4n) is 4.33. The lowest BCUT2D eigenvalue weighted by atomic mass is 10.2. The zero-order valence-electron chi connectivity index (χ0n) is 19.4. The first-order valence-corrected chi connectivity index (χ1v) is 14.2. The molecule has 0 amide bonds. The van der Waals surface area contributed by atoms with Gasteiger partial charge in [0.25, 0.3) is 0 Å². The first-order valence-electron chi connectivity index (χ1n) is 11.3. The number of benzene rings is 2. The molecule has 0 radical (unpaired) electrons. The lowest BCUT2D eigenvalue weighted by molar-refractivity contribution is 0.114. The van der Waals surface area contributed by atoms with Gasteiger partial charge in [-0.15, -0.1) is 0 Å². The zero-order valence-corrected chi connectivity index (χ0v) is 21.1. The lowest BCUT2D eigenvalue weighted by Crippen LogP contribution is -2.48. The molecule has 9 nitrogen and oxygen atoms in total. The van der Waals surface area contributed by atoms with Crippen LogP contribution in [0.15, 0.2) is 52.3 Å². The van der Waals surface area contributed by atoms with Gasteiger partial charge in [-0.25, -0.2) is 21.6 Å². The van der Waals surface area contributed by atoms with Crippen LogP contribution < -0.4 is 14.4 Å². The highest BCUT2D eigenvalue weighted by atomic mass is 32.2. The number of aryl methyl sites for hydroxylation is 1. The van der Waals surface area contributed by atoms with Gasteiger partial charge in [-0.1, -0.05) is 18.2 Å². The van der Waals surface area contributed by atoms with E-state index in [1.165, 1.54) is 17.5 Å². The molecule has 2 heterocycles. The molecule has 2 aliphatic rings. The number of sulfonamides is 2. The highest BCUT2D eigenvalue weighted by Crippen LogP contribution is 2.32. The van der Waals surface area contributed by atoms with E-state index in [0.29, 0.717) is 41.6 Å². The van der Waals surface area contributed by atoms with Gasteiger partial charge in [0.05, 0.1) is 28.7 Å². The van der Waals surface area contributed by atoms with Crippen molar-refractivity contribution in [1.29, 1.82) is 0 Å². The van der Waals surface area contributed by atoms with Crippen molar-refractivity contribution >= 4 is 25.7 Å². The smallest absolute Gasteiger partial charge is 0.243 e. The lowest BCUT2D eigenvalue weighted by Gasteiger charge is -2.36. The molecule has 4 rings (SSSR count). The van der Waals surface area contributed by atoms with E-state index < -0.39 is 20.0 Å². The summed E-state index contributed by atoms with van der Waals surface area (Å²) in [4.78, 5) is 2.41. The zero-order chi connectivity index (χ0) is 24.3. The molecule has 2 saturated heterocycles. The SMILES string of the molecule is COc1ccc(S(=O)(=O)NC[C@H]2CCCO2)cc1N1CCN(S(=O)(=O)c2ccccc2C)CC1. The van der Waals surface area contributed by atoms with Gasteiger partial charge in [-0.2, -0.15) is 4.31 Å². The molecule has 186 valence electrons. The maximum Gasteiger partial charge on any atom is 0.243 e. The summed E-state index contributed by atoms with van der Waals surface area (Å²) >= 11 is 0. The first-order chi connectivity index (χ1) is 16.2. The number of anilines is 1. The third kappa shape index (κ3) is 5.23. The van der Waals surface area contributed by atoms with E-state index in [0.717, 1.165) is 12.8 Å². The van der Waals surface area contributed by atoms with Crippen molar-refractivity contribution in [3.05, 3.63) is 48.0 Å². The third-order valence-corrected chi connectivity index (χ3v) is 9.76. The molecule has 0 saturated carbocycles. The first kappa shape index (κ1) is 24.9. The van der Waals surface area contributed by atoms with Gasteiger partial charge in [0.2, 0.25) is 20.0 Å². The summed E-state index contributed by atoms with van der Waals surface area (Å²) in [5, 5.41) is 0. The van der Waals surface area contributed by atoms with Crippen molar-refractivity contribution in [3.63, 3.8) is 0 Å². The maximum absolute atomic E-state index is 13.1. The van der Waals surface area contributed by atoms with Crippen LogP contribution >= 0.6 is 0 Å². The van der Waals surface area contributed by atoms with Crippen LogP contribution in [0.1, 0.15) is 18.4 Å². The van der Waals surface area contributed by atoms with Crippen molar-refractivity contribution in [2.75, 3.05) is 51.3 Å². The van der Waals surface area contributed by atoms with Gasteiger partial charge in [0.1, 0.15) is 5.75 Å². The van der Waals surface area contributed by atoms with Crippen LogP contribution in [-0.4, -0.2) is 73.7 Å². The van der Waals surface area contributed by atoms with E-state index in [1.807, 2.05) is 11.0 Å². The molecule has 11 heteroatoms. The largest absolute Gasteiger partial charge is 0.495 e. The van der Waals surface area contributed by atoms with Crippen molar-refractivity contribution in [3.8, 4) is 5.75 Å². The number of rotatable bonds is 8. The van der Waals surface area contributed by atoms with Crippen molar-refractivity contribution in [2.24, 2.45) is 0 Å². The molecule has 2 aromatic carbocycles. The maximum atomic E-state index is 13.1. The van der Waals surface area contributed by atoms with Crippen LogP contribution in [0.3, 0.4) is 0 Å². The number of hydrogen-bond donors (Lipinski definition) is 1. The summed E-state index contributed by atoms with van der Waals surface area (Å²) in [5.41, 5.74) is 1.33. The predicted octanol–water partition coefficient (Wildman–Crippen LogP) is 1.97. The van der Waals surface area contributed by atoms with Crippen LogP contribution in [0, 0.1) is 6.92 Å². The minimum absolute atomic E-state index is 0.101. The second kappa shape index (κ2) is 10.2. The molecule has 0 spiro atoms. The molecular weight excluding hydrogens is 478 g/mol. The minimum atomic E-state index is -3.73. The van der Waals surface area contributed by atoms with Crippen LogP contribution in [0.4, 0.5) is 5.69 Å². The minimum Gasteiger partial charge on any atom is -0.495 e. The van der Waals surface area contributed by atoms with Crippen molar-refractivity contribution < 1.29 is 26.3 Å². The standard InChI is InChI=1S/C23H31N3O6S2/c1-18-6-3-4-8-23(18)34(29,30)26-13-11-25(12-14-26)21-16-20(9-10-22(21)31-2)33(27,28)24-17-19-7-5-15-32-19/h3-4,6,8-10,16,19,24H,5,7,11-15,17H2,1-2H3/t19-/m1/s1. The fourth-order valence-corrected chi connectivity index (χ4v) is 7.06. The summed E-state index contributed by atoms with van der Waals surface area (Å²) < 4.78 is 67.1. The van der Waals surface area contributed by atoms with Gasteiger partial charge in [0, 0.05) is 39.3 Å². The monoisotopic (exact) mass is 509 g/mol. The Hall–Kier alpha value is -2.18. The summed E-state index contributed by atoms with van der Waals surface area (Å²) in [6.07, 6.45) is 1.67. The molecule has 34 heavy (non-hydrogen) atoms. The molecule has 1 atom stereocenters. The summed E-state index contributed by atoms with van der Waals surface area (Å²) in [5.74, 6) is 0.535. The highest BCUT2D eigenvalue weighted by molar-refractivity contribution is 7.89. The molecule has 0 bridgehead atoms. The average Bonchev–Trinajstić information content (AvgIpc) is 3.36. The predicted molar refractivity (Wildman–Crippen MR) is 129 cm³/mol. The Morgan fingerprint density at radius 2 is 1.79 bits per heavy atom. The van der Waals surface area contributed by atoms with Crippen molar-refractivity contribution in [1.82, 2.24) is 9.03 Å². The molecule has 2 fully saturated rings. The van der Waals surface area contributed by atoms with Gasteiger partial charge < -0.3 is 14.4 Å². The quantitative estimate of drug-likeness (QED) is 0.580. The summed E-state index contributed by atoms with van der Waals surface area (Å²) in [6, 6.07) is 11.7. The van der Waals surface area contributed by atoms with Gasteiger partial charge in [-0.3, -0.25) is 0 Å². The molecule has 0 unspecified atom stereocenters. The van der Waals surface area contributed by atoms with Crippen LogP contribution in [0.2, 0.25) is 0 Å². The van der Waals surface area contributed by atoms with E-state index in [9.17, 15) is 16.8 Å². The van der Waals surface area contributed by atoms with Crippen LogP contribution in [0.25, 0.3) is 0 Å². The van der Waals surface area contributed by atoms with Gasteiger partial charge in [0.15, 0.2) is 0 Å². The normalized spacial score (nSPS) is 19.9. The van der Waals surface area contributed by atoms with E-state index in [-0.39, 0.29) is 30.6 Å². The Bertz CT molecular complexity index is 1220. The number of nitrogens with zero attached hydrogens (tertiary/aromatic N) is 2. The second-order valence-electron chi connectivity index (χ2n) is 8.48. The Morgan fingerprint density at radius 1 is 1.06 bits per heavy atom.